The molecule has 8 nitrogen and oxygen atoms in total. The average molecular weight is 671 g/mol. The van der Waals surface area contributed by atoms with E-state index >= 15 is 0 Å². The van der Waals surface area contributed by atoms with E-state index in [1.807, 2.05) is 0 Å². The third-order valence-electron chi connectivity index (χ3n) is 6.81. The lowest BCUT2D eigenvalue weighted by Gasteiger charge is -2.19. The van der Waals surface area contributed by atoms with E-state index in [9.17, 15) is 9.59 Å². The number of carbonyl (C=O) groups excluding carboxylic acids is 2. The van der Waals surface area contributed by atoms with E-state index in [-0.39, 0.29) is 22.5 Å². The molecule has 2 aromatic carbocycles. The Balaban J connectivity index is 1.92. The molecule has 0 amide bonds. The first-order valence-corrected chi connectivity index (χ1v) is 16.6. The zero-order chi connectivity index (χ0) is 32.2. The normalized spacial score (nSPS) is 11.2. The highest BCUT2D eigenvalue weighted by atomic mass is 35.5. The highest BCUT2D eigenvalue weighted by Crippen LogP contribution is 2.33. The van der Waals surface area contributed by atoms with Crippen LogP contribution in [0.25, 0.3) is 0 Å². The fraction of sp³-hybridized carbons (Fsp3) is 0.515. The molecule has 0 aliphatic rings. The topological polar surface area (TPSA) is 97.9 Å². The maximum Gasteiger partial charge on any atom is 0.338 e. The smallest absolute Gasteiger partial charge is 0.338 e. The van der Waals surface area contributed by atoms with Crippen LogP contribution < -0.4 is 20.9 Å². The maximum atomic E-state index is 12.8. The van der Waals surface area contributed by atoms with Crippen LogP contribution in [0.3, 0.4) is 0 Å². The summed E-state index contributed by atoms with van der Waals surface area (Å²) in [6.07, 6.45) is 16.0. The molecular weight excluding hydrogens is 625 g/mol. The van der Waals surface area contributed by atoms with E-state index in [4.69, 9.17) is 49.0 Å². The van der Waals surface area contributed by atoms with Crippen LogP contribution in [0, 0.1) is 0 Å². The first-order valence-electron chi connectivity index (χ1n) is 15.5. The highest BCUT2D eigenvalue weighted by molar-refractivity contribution is 6.41. The fourth-order valence-electron chi connectivity index (χ4n) is 4.47. The molecule has 244 valence electrons. The van der Waals surface area contributed by atoms with Crippen molar-refractivity contribution in [3.05, 3.63) is 62.9 Å². The first-order chi connectivity index (χ1) is 21.3. The summed E-state index contributed by atoms with van der Waals surface area (Å²) in [5.41, 5.74) is 6.83. The summed E-state index contributed by atoms with van der Waals surface area (Å²) in [7, 11) is 1.50. The molecular formula is C33H46Cl3N3O5. The predicted molar refractivity (Wildman–Crippen MR) is 181 cm³/mol. The Morgan fingerprint density at radius 3 is 1.95 bits per heavy atom. The van der Waals surface area contributed by atoms with Crippen molar-refractivity contribution < 1.29 is 23.8 Å². The molecule has 0 aromatic heterocycles. The van der Waals surface area contributed by atoms with Crippen molar-refractivity contribution in [2.75, 3.05) is 31.1 Å². The number of anilines is 2. The number of methoxy groups -OCH3 is 1. The van der Waals surface area contributed by atoms with Crippen molar-refractivity contribution in [3.8, 4) is 5.75 Å². The Kier molecular flexibility index (Phi) is 18.5. The second kappa shape index (κ2) is 21.8. The quantitative estimate of drug-likeness (QED) is 0.0493. The van der Waals surface area contributed by atoms with E-state index in [0.29, 0.717) is 34.3 Å². The molecule has 2 aromatic rings. The second-order valence-electron chi connectivity index (χ2n) is 10.4. The van der Waals surface area contributed by atoms with Crippen molar-refractivity contribution >= 4 is 58.1 Å². The van der Waals surface area contributed by atoms with Gasteiger partial charge < -0.3 is 19.5 Å². The molecule has 0 spiro atoms. The maximum absolute atomic E-state index is 12.8. The van der Waals surface area contributed by atoms with E-state index in [2.05, 4.69) is 23.1 Å². The summed E-state index contributed by atoms with van der Waals surface area (Å²) in [4.78, 5) is 25.1. The van der Waals surface area contributed by atoms with Crippen molar-refractivity contribution in [2.24, 2.45) is 0 Å². The summed E-state index contributed by atoms with van der Waals surface area (Å²) in [6, 6.07) is 7.91. The zero-order valence-corrected chi connectivity index (χ0v) is 28.3. The van der Waals surface area contributed by atoms with Gasteiger partial charge in [0.2, 0.25) is 0 Å². The number of esters is 2. The minimum atomic E-state index is -0.602. The molecule has 2 rings (SSSR count). The Hall–Kier alpha value is -2.81. The van der Waals surface area contributed by atoms with E-state index < -0.39 is 11.9 Å². The first kappa shape index (κ1) is 37.4. The number of hydrazine groups is 1. The number of nitrogens with one attached hydrogen (secondary N) is 3. The SMILES string of the molecule is CCCCCCCCCCCCCCOC(=O)c1ccc(OC)c(NC(=CC(=O)OCC)NNc2c(Cl)cc(Cl)cc2Cl)c1. The van der Waals surface area contributed by atoms with Gasteiger partial charge >= 0.3 is 11.9 Å². The van der Waals surface area contributed by atoms with Gasteiger partial charge in [-0.1, -0.05) is 112 Å². The largest absolute Gasteiger partial charge is 0.495 e. The zero-order valence-electron chi connectivity index (χ0n) is 26.0. The monoisotopic (exact) mass is 669 g/mol. The summed E-state index contributed by atoms with van der Waals surface area (Å²) in [5.74, 6) is -0.442. The molecule has 0 radical (unpaired) electrons. The van der Waals surface area contributed by atoms with Gasteiger partial charge in [-0.2, -0.15) is 0 Å². The van der Waals surface area contributed by atoms with Crippen LogP contribution in [0.2, 0.25) is 15.1 Å². The number of carbonyl (C=O) groups is 2. The molecule has 0 atom stereocenters. The summed E-state index contributed by atoms with van der Waals surface area (Å²) < 4.78 is 16.1. The highest BCUT2D eigenvalue weighted by Gasteiger charge is 2.15. The predicted octanol–water partition coefficient (Wildman–Crippen LogP) is 9.95. The Bertz CT molecular complexity index is 1190. The van der Waals surface area contributed by atoms with Gasteiger partial charge in [-0.25, -0.2) is 9.59 Å². The molecule has 0 fully saturated rings. The molecule has 0 unspecified atom stereocenters. The van der Waals surface area contributed by atoms with Gasteiger partial charge in [-0.3, -0.25) is 10.9 Å². The lowest BCUT2D eigenvalue weighted by atomic mass is 10.1. The molecule has 0 bridgehead atoms. The number of hydrogen-bond acceptors (Lipinski definition) is 8. The van der Waals surface area contributed by atoms with Gasteiger partial charge in [0.05, 0.1) is 53.4 Å². The average Bonchev–Trinajstić information content (AvgIpc) is 2.98. The van der Waals surface area contributed by atoms with Gasteiger partial charge in [0, 0.05) is 5.02 Å². The standard InChI is InChI=1S/C33H46Cl3N3O5/c1-4-6-7-8-9-10-11-12-13-14-15-16-19-44-33(41)24-17-18-29(42-3)28(20-24)37-30(23-31(40)43-5-2)38-39-32-26(35)21-25(34)22-27(32)36/h17-18,20-23,37-39H,4-16,19H2,1-3H3. The van der Waals surface area contributed by atoms with Gasteiger partial charge in [0.25, 0.3) is 0 Å². The minimum absolute atomic E-state index is 0.172. The summed E-state index contributed by atoms with van der Waals surface area (Å²) >= 11 is 18.6. The van der Waals surface area contributed by atoms with E-state index in [1.165, 1.54) is 83.1 Å². The van der Waals surface area contributed by atoms with Crippen LogP contribution >= 0.6 is 34.8 Å². The molecule has 0 saturated heterocycles. The molecule has 11 heteroatoms. The number of benzene rings is 2. The second-order valence-corrected chi connectivity index (χ2v) is 11.6. The molecule has 0 saturated carbocycles. The van der Waals surface area contributed by atoms with Crippen molar-refractivity contribution in [1.82, 2.24) is 5.43 Å². The fourth-order valence-corrected chi connectivity index (χ4v) is 5.38. The van der Waals surface area contributed by atoms with Crippen LogP contribution in [-0.2, 0) is 14.3 Å². The number of halogens is 3. The van der Waals surface area contributed by atoms with E-state index in [0.717, 1.165) is 19.3 Å². The number of hydrogen-bond donors (Lipinski definition) is 3. The minimum Gasteiger partial charge on any atom is -0.495 e. The molecule has 0 aliphatic carbocycles. The molecule has 0 heterocycles. The summed E-state index contributed by atoms with van der Waals surface area (Å²) in [5, 5.41) is 3.97. The van der Waals surface area contributed by atoms with Gasteiger partial charge in [-0.05, 0) is 43.7 Å². The third kappa shape index (κ3) is 14.3. The Morgan fingerprint density at radius 1 is 0.795 bits per heavy atom. The van der Waals surface area contributed by atoms with Crippen LogP contribution in [-0.4, -0.2) is 32.3 Å². The molecule has 44 heavy (non-hydrogen) atoms. The Labute approximate surface area is 277 Å². The van der Waals surface area contributed by atoms with Gasteiger partial charge in [0.1, 0.15) is 11.6 Å². The van der Waals surface area contributed by atoms with Crippen LogP contribution in [0.5, 0.6) is 5.75 Å². The summed E-state index contributed by atoms with van der Waals surface area (Å²) in [6.45, 7) is 4.49. The number of rotatable bonds is 22. The van der Waals surface area contributed by atoms with Crippen LogP contribution in [0.15, 0.2) is 42.2 Å². The van der Waals surface area contributed by atoms with Crippen LogP contribution in [0.4, 0.5) is 11.4 Å². The molecule has 3 N–H and O–H groups in total. The van der Waals surface area contributed by atoms with Crippen molar-refractivity contribution in [2.45, 2.75) is 90.9 Å². The van der Waals surface area contributed by atoms with E-state index in [1.54, 1.807) is 25.1 Å². The molecule has 0 aliphatic heterocycles. The van der Waals surface area contributed by atoms with Crippen molar-refractivity contribution in [1.29, 1.82) is 0 Å². The van der Waals surface area contributed by atoms with Crippen LogP contribution in [0.1, 0.15) is 101 Å². The Morgan fingerprint density at radius 2 is 1.39 bits per heavy atom. The number of ether oxygens (including phenoxy) is 3. The lowest BCUT2D eigenvalue weighted by molar-refractivity contribution is -0.137. The third-order valence-corrected chi connectivity index (χ3v) is 7.63. The van der Waals surface area contributed by atoms with Gasteiger partial charge in [0.15, 0.2) is 0 Å². The van der Waals surface area contributed by atoms with Gasteiger partial charge in [-0.15, -0.1) is 0 Å². The lowest BCUT2D eigenvalue weighted by Crippen LogP contribution is -2.27. The number of unbranched alkanes of at least 4 members (excludes halogenated alkanes) is 11. The van der Waals surface area contributed by atoms with Crippen molar-refractivity contribution in [3.63, 3.8) is 0 Å².